The first kappa shape index (κ1) is 13.9. The van der Waals surface area contributed by atoms with Crippen molar-refractivity contribution in [3.8, 4) is 0 Å². The van der Waals surface area contributed by atoms with Gasteiger partial charge in [0.1, 0.15) is 5.00 Å². The molecule has 0 aliphatic heterocycles. The Labute approximate surface area is 116 Å². The van der Waals surface area contributed by atoms with Crippen molar-refractivity contribution in [1.29, 1.82) is 0 Å². The number of thiophene rings is 1. The van der Waals surface area contributed by atoms with Gasteiger partial charge in [0.05, 0.1) is 5.56 Å². The van der Waals surface area contributed by atoms with Crippen LogP contribution in [0.3, 0.4) is 0 Å². The molecule has 5 nitrogen and oxygen atoms in total. The summed E-state index contributed by atoms with van der Waals surface area (Å²) in [4.78, 5) is 25.0. The number of carbonyl (C=O) groups excluding carboxylic acids is 1. The van der Waals surface area contributed by atoms with Crippen LogP contribution in [0.5, 0.6) is 0 Å². The number of anilines is 1. The second-order valence-electron chi connectivity index (χ2n) is 5.09. The summed E-state index contributed by atoms with van der Waals surface area (Å²) >= 11 is 1.23. The molecule has 0 saturated heterocycles. The zero-order chi connectivity index (χ0) is 14.0. The Hall–Kier alpha value is -1.56. The van der Waals surface area contributed by atoms with Crippen LogP contribution in [-0.4, -0.2) is 34.6 Å². The summed E-state index contributed by atoms with van der Waals surface area (Å²) in [7, 11) is 0. The van der Waals surface area contributed by atoms with E-state index in [9.17, 15) is 9.59 Å². The Bertz CT molecular complexity index is 480. The molecule has 0 unspecified atom stereocenters. The molecule has 1 fully saturated rings. The number of urea groups is 1. The molecule has 0 spiro atoms. The fourth-order valence-corrected chi connectivity index (χ4v) is 2.62. The number of nitrogens with zero attached hydrogens (tertiary/aromatic N) is 1. The standard InChI is InChI=1S/C13H18N2O3S/c1-8(2)15(7-9-3-4-9)13(18)14-11-10(12(16)17)5-6-19-11/h5-6,8-9H,3-4,7H2,1-2H3,(H,14,18)(H,16,17). The van der Waals surface area contributed by atoms with E-state index < -0.39 is 5.97 Å². The van der Waals surface area contributed by atoms with E-state index in [0.717, 1.165) is 6.54 Å². The topological polar surface area (TPSA) is 69.6 Å². The number of rotatable bonds is 5. The van der Waals surface area contributed by atoms with Crippen molar-refractivity contribution in [3.05, 3.63) is 17.0 Å². The van der Waals surface area contributed by atoms with E-state index >= 15 is 0 Å². The van der Waals surface area contributed by atoms with E-state index in [-0.39, 0.29) is 17.6 Å². The summed E-state index contributed by atoms with van der Waals surface area (Å²) in [5, 5.41) is 13.8. The monoisotopic (exact) mass is 282 g/mol. The lowest BCUT2D eigenvalue weighted by molar-refractivity contribution is 0.0698. The van der Waals surface area contributed by atoms with Gasteiger partial charge in [0.25, 0.3) is 0 Å². The van der Waals surface area contributed by atoms with Crippen LogP contribution < -0.4 is 5.32 Å². The Morgan fingerprint density at radius 2 is 2.21 bits per heavy atom. The smallest absolute Gasteiger partial charge is 0.338 e. The maximum absolute atomic E-state index is 12.2. The van der Waals surface area contributed by atoms with Crippen molar-refractivity contribution < 1.29 is 14.7 Å². The third kappa shape index (κ3) is 3.47. The molecular weight excluding hydrogens is 264 g/mol. The summed E-state index contributed by atoms with van der Waals surface area (Å²) in [5.41, 5.74) is 0.147. The Balaban J connectivity index is 2.05. The molecule has 0 bridgehead atoms. The highest BCUT2D eigenvalue weighted by molar-refractivity contribution is 7.14. The highest BCUT2D eigenvalue weighted by atomic mass is 32.1. The lowest BCUT2D eigenvalue weighted by atomic mass is 10.3. The SMILES string of the molecule is CC(C)N(CC1CC1)C(=O)Nc1sccc1C(=O)O. The van der Waals surface area contributed by atoms with E-state index in [4.69, 9.17) is 5.11 Å². The van der Waals surface area contributed by atoms with Crippen LogP contribution in [0.25, 0.3) is 0 Å². The number of carboxylic acids is 1. The summed E-state index contributed by atoms with van der Waals surface area (Å²) in [6.07, 6.45) is 2.35. The largest absolute Gasteiger partial charge is 0.478 e. The first-order chi connectivity index (χ1) is 8.99. The summed E-state index contributed by atoms with van der Waals surface area (Å²) < 4.78 is 0. The highest BCUT2D eigenvalue weighted by Gasteiger charge is 2.28. The molecule has 1 aromatic heterocycles. The molecule has 1 aliphatic carbocycles. The van der Waals surface area contributed by atoms with Crippen molar-refractivity contribution in [1.82, 2.24) is 4.90 Å². The average Bonchev–Trinajstić information content (AvgIpc) is 3.03. The molecule has 2 N–H and O–H groups in total. The van der Waals surface area contributed by atoms with E-state index in [0.29, 0.717) is 10.9 Å². The predicted octanol–water partition coefficient (Wildman–Crippen LogP) is 3.10. The minimum atomic E-state index is -1.02. The van der Waals surface area contributed by atoms with Crippen LogP contribution in [0, 0.1) is 5.92 Å². The first-order valence-electron chi connectivity index (χ1n) is 6.37. The second kappa shape index (κ2) is 5.61. The molecule has 1 aromatic rings. The predicted molar refractivity (Wildman–Crippen MR) is 74.9 cm³/mol. The third-order valence-electron chi connectivity index (χ3n) is 3.15. The Kier molecular flexibility index (Phi) is 4.09. The lowest BCUT2D eigenvalue weighted by Gasteiger charge is -2.26. The van der Waals surface area contributed by atoms with Gasteiger partial charge in [-0.1, -0.05) is 0 Å². The molecule has 1 aliphatic rings. The fourth-order valence-electron chi connectivity index (χ4n) is 1.85. The van der Waals surface area contributed by atoms with E-state index in [2.05, 4.69) is 5.32 Å². The van der Waals surface area contributed by atoms with Crippen molar-refractivity contribution in [2.75, 3.05) is 11.9 Å². The average molecular weight is 282 g/mol. The lowest BCUT2D eigenvalue weighted by Crippen LogP contribution is -2.41. The van der Waals surface area contributed by atoms with Gasteiger partial charge < -0.3 is 10.0 Å². The van der Waals surface area contributed by atoms with Crippen molar-refractivity contribution >= 4 is 28.3 Å². The van der Waals surface area contributed by atoms with Gasteiger partial charge in [-0.2, -0.15) is 0 Å². The van der Waals surface area contributed by atoms with Gasteiger partial charge in [-0.05, 0) is 44.1 Å². The maximum atomic E-state index is 12.2. The molecular formula is C13H18N2O3S. The molecule has 1 heterocycles. The summed E-state index contributed by atoms with van der Waals surface area (Å²) in [6, 6.07) is 1.39. The molecule has 2 rings (SSSR count). The minimum Gasteiger partial charge on any atom is -0.478 e. The van der Waals surface area contributed by atoms with Crippen LogP contribution in [0.1, 0.15) is 37.0 Å². The van der Waals surface area contributed by atoms with Crippen molar-refractivity contribution in [2.45, 2.75) is 32.7 Å². The molecule has 0 radical (unpaired) electrons. The van der Waals surface area contributed by atoms with Crippen LogP contribution in [0.15, 0.2) is 11.4 Å². The van der Waals surface area contributed by atoms with Crippen LogP contribution >= 0.6 is 11.3 Å². The van der Waals surface area contributed by atoms with Gasteiger partial charge in [-0.15, -0.1) is 11.3 Å². The van der Waals surface area contributed by atoms with Gasteiger partial charge in [0, 0.05) is 12.6 Å². The van der Waals surface area contributed by atoms with Crippen molar-refractivity contribution in [2.24, 2.45) is 5.92 Å². The van der Waals surface area contributed by atoms with Gasteiger partial charge in [-0.25, -0.2) is 9.59 Å². The number of amides is 2. The zero-order valence-electron chi connectivity index (χ0n) is 11.0. The van der Waals surface area contributed by atoms with E-state index in [1.807, 2.05) is 13.8 Å². The number of carboxylic acid groups (broad SMARTS) is 1. The number of aromatic carboxylic acids is 1. The minimum absolute atomic E-state index is 0.105. The Morgan fingerprint density at radius 1 is 1.53 bits per heavy atom. The Morgan fingerprint density at radius 3 is 2.74 bits per heavy atom. The molecule has 2 amide bonds. The van der Waals surface area contributed by atoms with Gasteiger partial charge in [-0.3, -0.25) is 5.32 Å². The van der Waals surface area contributed by atoms with Gasteiger partial charge in [0.15, 0.2) is 0 Å². The van der Waals surface area contributed by atoms with Crippen molar-refractivity contribution in [3.63, 3.8) is 0 Å². The molecule has 19 heavy (non-hydrogen) atoms. The summed E-state index contributed by atoms with van der Waals surface area (Å²) in [6.45, 7) is 4.68. The molecule has 0 aromatic carbocycles. The third-order valence-corrected chi connectivity index (χ3v) is 3.98. The zero-order valence-corrected chi connectivity index (χ0v) is 11.9. The fraction of sp³-hybridized carbons (Fsp3) is 0.538. The molecule has 0 atom stereocenters. The molecule has 1 saturated carbocycles. The number of hydrogen-bond donors (Lipinski definition) is 2. The van der Waals surface area contributed by atoms with Gasteiger partial charge in [0.2, 0.25) is 0 Å². The van der Waals surface area contributed by atoms with E-state index in [1.54, 1.807) is 10.3 Å². The normalized spacial score (nSPS) is 14.5. The first-order valence-corrected chi connectivity index (χ1v) is 7.25. The van der Waals surface area contributed by atoms with Crippen LogP contribution in [-0.2, 0) is 0 Å². The van der Waals surface area contributed by atoms with Gasteiger partial charge >= 0.3 is 12.0 Å². The van der Waals surface area contributed by atoms with E-state index in [1.165, 1.54) is 30.2 Å². The number of nitrogens with one attached hydrogen (secondary N) is 1. The second-order valence-corrected chi connectivity index (χ2v) is 6.00. The quantitative estimate of drug-likeness (QED) is 0.871. The maximum Gasteiger partial charge on any atom is 0.338 e. The highest BCUT2D eigenvalue weighted by Crippen LogP contribution is 2.31. The molecule has 6 heteroatoms. The molecule has 104 valence electrons. The number of carbonyl (C=O) groups is 2. The number of hydrogen-bond acceptors (Lipinski definition) is 3. The summed E-state index contributed by atoms with van der Waals surface area (Å²) in [5.74, 6) is -0.412. The van der Waals surface area contributed by atoms with Crippen LogP contribution in [0.2, 0.25) is 0 Å². The van der Waals surface area contributed by atoms with Crippen LogP contribution in [0.4, 0.5) is 9.80 Å².